The third kappa shape index (κ3) is 19.9. The van der Waals surface area contributed by atoms with Gasteiger partial charge in [0.05, 0.1) is 25.4 Å². The first-order chi connectivity index (χ1) is 13.8. The van der Waals surface area contributed by atoms with E-state index in [1.54, 1.807) is 0 Å². The molecule has 0 aromatic carbocycles. The van der Waals surface area contributed by atoms with Gasteiger partial charge in [0.1, 0.15) is 0 Å². The van der Waals surface area contributed by atoms with Gasteiger partial charge in [0.15, 0.2) is 6.10 Å². The van der Waals surface area contributed by atoms with Crippen LogP contribution >= 0.6 is 0 Å². The molecule has 0 aliphatic rings. The van der Waals surface area contributed by atoms with Gasteiger partial charge in [-0.15, -0.1) is 0 Å². The summed E-state index contributed by atoms with van der Waals surface area (Å²) in [5.41, 5.74) is 0. The molecule has 1 unspecified atom stereocenters. The quantitative estimate of drug-likeness (QED) is 0.178. The maximum Gasteiger partial charge on any atom is 0.335 e. The van der Waals surface area contributed by atoms with Crippen LogP contribution in [-0.2, 0) is 29.2 Å². The zero-order valence-electron chi connectivity index (χ0n) is 17.6. The number of carbonyl (C=O) groups is 2. The largest absolute Gasteiger partial charge is 0.466 e. The number of hydrogen-bond donors (Lipinski definition) is 2. The van der Waals surface area contributed by atoms with Crippen molar-refractivity contribution in [3.8, 4) is 0 Å². The summed E-state index contributed by atoms with van der Waals surface area (Å²) in [6.45, 7) is 2.20. The number of rotatable bonds is 19. The highest BCUT2D eigenvalue weighted by Crippen LogP contribution is 2.11. The third-order valence-corrected chi connectivity index (χ3v) is 5.24. The van der Waals surface area contributed by atoms with E-state index in [9.17, 15) is 23.1 Å². The van der Waals surface area contributed by atoms with E-state index in [4.69, 9.17) is 9.29 Å². The molecule has 172 valence electrons. The van der Waals surface area contributed by atoms with Crippen LogP contribution < -0.4 is 0 Å². The molecule has 0 aliphatic heterocycles. The molecule has 9 heteroatoms. The maximum absolute atomic E-state index is 11.6. The predicted octanol–water partition coefficient (Wildman–Crippen LogP) is 3.41. The van der Waals surface area contributed by atoms with Crippen LogP contribution in [0.15, 0.2) is 0 Å². The van der Waals surface area contributed by atoms with Crippen molar-refractivity contribution in [1.82, 2.24) is 0 Å². The summed E-state index contributed by atoms with van der Waals surface area (Å²) in [5, 5.41) is 9.60. The van der Waals surface area contributed by atoms with Crippen molar-refractivity contribution in [1.29, 1.82) is 0 Å². The number of aliphatic hydroxyl groups is 1. The number of ether oxygens (including phenoxy) is 2. The number of carbonyl (C=O) groups excluding carboxylic acids is 2. The van der Waals surface area contributed by atoms with Crippen molar-refractivity contribution in [2.75, 3.05) is 19.0 Å². The molecule has 0 fully saturated rings. The molecule has 0 heterocycles. The van der Waals surface area contributed by atoms with Crippen molar-refractivity contribution in [3.05, 3.63) is 0 Å². The summed E-state index contributed by atoms with van der Waals surface area (Å²) >= 11 is 0. The Morgan fingerprint density at radius 1 is 0.793 bits per heavy atom. The second-order valence-electron chi connectivity index (χ2n) is 7.28. The molecule has 0 aliphatic carbocycles. The van der Waals surface area contributed by atoms with E-state index < -0.39 is 40.3 Å². The lowest BCUT2D eigenvalue weighted by atomic mass is 10.1. The van der Waals surface area contributed by atoms with Crippen LogP contribution in [0.1, 0.15) is 90.4 Å². The second-order valence-corrected chi connectivity index (χ2v) is 8.86. The minimum atomic E-state index is -4.12. The Morgan fingerprint density at radius 3 is 1.79 bits per heavy atom. The number of hydrogen-bond acceptors (Lipinski definition) is 7. The monoisotopic (exact) mass is 438 g/mol. The molecule has 0 spiro atoms. The van der Waals surface area contributed by atoms with Gasteiger partial charge in [-0.3, -0.25) is 9.35 Å². The average Bonchev–Trinajstić information content (AvgIpc) is 2.65. The van der Waals surface area contributed by atoms with Gasteiger partial charge in [-0.05, 0) is 12.8 Å². The van der Waals surface area contributed by atoms with Crippen LogP contribution in [0.2, 0.25) is 0 Å². The van der Waals surface area contributed by atoms with E-state index >= 15 is 0 Å². The van der Waals surface area contributed by atoms with Crippen molar-refractivity contribution < 1.29 is 37.1 Å². The van der Waals surface area contributed by atoms with Crippen LogP contribution in [0.25, 0.3) is 0 Å². The van der Waals surface area contributed by atoms with Crippen LogP contribution in [0, 0.1) is 0 Å². The van der Waals surface area contributed by atoms with Crippen molar-refractivity contribution in [2.45, 2.75) is 96.5 Å². The fourth-order valence-corrected chi connectivity index (χ4v) is 3.25. The molecule has 0 bridgehead atoms. The Bertz CT molecular complexity index is 533. The summed E-state index contributed by atoms with van der Waals surface area (Å²) in [7, 11) is -4.12. The van der Waals surface area contributed by atoms with Crippen molar-refractivity contribution in [2.24, 2.45) is 0 Å². The van der Waals surface area contributed by atoms with Crippen LogP contribution in [-0.4, -0.2) is 55.1 Å². The lowest BCUT2D eigenvalue weighted by Gasteiger charge is -2.10. The topological polar surface area (TPSA) is 127 Å². The van der Waals surface area contributed by atoms with E-state index in [2.05, 4.69) is 11.7 Å². The minimum Gasteiger partial charge on any atom is -0.466 e. The van der Waals surface area contributed by atoms with Gasteiger partial charge < -0.3 is 14.6 Å². The summed E-state index contributed by atoms with van der Waals surface area (Å²) in [6, 6.07) is 0. The van der Waals surface area contributed by atoms with Crippen molar-refractivity contribution >= 4 is 22.1 Å². The Morgan fingerprint density at radius 2 is 1.28 bits per heavy atom. The first-order valence-corrected chi connectivity index (χ1v) is 12.3. The lowest BCUT2D eigenvalue weighted by Crippen LogP contribution is -2.27. The van der Waals surface area contributed by atoms with Gasteiger partial charge in [-0.1, -0.05) is 71.1 Å². The molecule has 0 saturated heterocycles. The Hall–Kier alpha value is -1.19. The van der Waals surface area contributed by atoms with Gasteiger partial charge >= 0.3 is 11.9 Å². The highest BCUT2D eigenvalue weighted by Gasteiger charge is 2.21. The number of esters is 2. The van der Waals surface area contributed by atoms with Gasteiger partial charge in [0.2, 0.25) is 0 Å². The van der Waals surface area contributed by atoms with E-state index in [0.717, 1.165) is 19.3 Å². The summed E-state index contributed by atoms with van der Waals surface area (Å²) in [4.78, 5) is 23.1. The first-order valence-electron chi connectivity index (χ1n) is 10.7. The van der Waals surface area contributed by atoms with Crippen LogP contribution in [0.3, 0.4) is 0 Å². The zero-order valence-corrected chi connectivity index (χ0v) is 18.5. The Balaban J connectivity index is 3.55. The fourth-order valence-electron chi connectivity index (χ4n) is 2.76. The molecule has 29 heavy (non-hydrogen) atoms. The summed E-state index contributed by atoms with van der Waals surface area (Å²) in [6.07, 6.45) is 10.9. The first kappa shape index (κ1) is 27.8. The molecule has 0 amide bonds. The average molecular weight is 439 g/mol. The molecular weight excluding hydrogens is 400 g/mol. The van der Waals surface area contributed by atoms with Gasteiger partial charge in [-0.2, -0.15) is 8.42 Å². The summed E-state index contributed by atoms with van der Waals surface area (Å²) < 4.78 is 39.2. The zero-order chi connectivity index (χ0) is 22.0. The molecule has 2 N–H and O–H groups in total. The smallest absolute Gasteiger partial charge is 0.335 e. The molecule has 0 rings (SSSR count). The second kappa shape index (κ2) is 17.7. The molecular formula is C20H38O8S. The van der Waals surface area contributed by atoms with Crippen LogP contribution in [0.5, 0.6) is 0 Å². The van der Waals surface area contributed by atoms with Crippen molar-refractivity contribution in [3.63, 3.8) is 0 Å². The summed E-state index contributed by atoms with van der Waals surface area (Å²) in [5.74, 6) is -2.25. The highest BCUT2D eigenvalue weighted by atomic mass is 32.2. The Labute approximate surface area is 175 Å². The third-order valence-electron chi connectivity index (χ3n) is 4.43. The molecule has 8 nitrogen and oxygen atoms in total. The minimum absolute atomic E-state index is 0.0966. The number of unbranched alkanes of at least 4 members (excludes halogenated alkanes) is 10. The van der Waals surface area contributed by atoms with Gasteiger partial charge in [0, 0.05) is 0 Å². The molecule has 0 radical (unpaired) electrons. The maximum atomic E-state index is 11.6. The molecule has 0 aromatic rings. The van der Waals surface area contributed by atoms with Crippen LogP contribution in [0.4, 0.5) is 0 Å². The van der Waals surface area contributed by atoms with E-state index in [-0.39, 0.29) is 19.6 Å². The highest BCUT2D eigenvalue weighted by molar-refractivity contribution is 7.85. The predicted molar refractivity (Wildman–Crippen MR) is 110 cm³/mol. The molecule has 0 saturated carbocycles. The van der Waals surface area contributed by atoms with Gasteiger partial charge in [-0.25, -0.2) is 4.79 Å². The number of aliphatic hydroxyl groups excluding tert-OH is 1. The lowest BCUT2D eigenvalue weighted by molar-refractivity contribution is -0.160. The molecule has 1 atom stereocenters. The fraction of sp³-hybridized carbons (Fsp3) is 0.900. The normalized spacial score (nSPS) is 12.5. The Kier molecular flexibility index (Phi) is 16.9. The van der Waals surface area contributed by atoms with E-state index in [0.29, 0.717) is 0 Å². The standard InChI is InChI=1S/C20H38O8S/c1-2-3-4-5-6-7-8-9-10-11-12-14-27-19(22)17-18(21)20(23)28-15-13-16-29(24,25)26/h18,21H,2-17H2,1H3,(H,24,25,26). The molecule has 0 aromatic heterocycles. The van der Waals surface area contributed by atoms with E-state index in [1.165, 1.54) is 51.4 Å². The van der Waals surface area contributed by atoms with Gasteiger partial charge in [0.25, 0.3) is 10.1 Å². The SMILES string of the molecule is CCCCCCCCCCCCCOC(=O)CC(O)C(=O)OCCCS(=O)(=O)O. The van der Waals surface area contributed by atoms with E-state index in [1.807, 2.05) is 0 Å².